The van der Waals surface area contributed by atoms with Crippen LogP contribution in [0.1, 0.15) is 36.0 Å². The maximum absolute atomic E-state index is 16.5. The summed E-state index contributed by atoms with van der Waals surface area (Å²) in [6, 6.07) is 9.28. The van der Waals surface area contributed by atoms with Gasteiger partial charge in [0.05, 0.1) is 5.76 Å². The van der Waals surface area contributed by atoms with Crippen LogP contribution in [0.3, 0.4) is 0 Å². The van der Waals surface area contributed by atoms with E-state index in [1.807, 2.05) is 29.2 Å². The molecule has 9 nitrogen and oxygen atoms in total. The van der Waals surface area contributed by atoms with Crippen molar-refractivity contribution in [3.63, 3.8) is 0 Å². The number of allylic oxidation sites excluding steroid dienone is 2. The van der Waals surface area contributed by atoms with E-state index in [-0.39, 0.29) is 52.6 Å². The highest BCUT2D eigenvalue weighted by Crippen LogP contribution is 2.42. The highest BCUT2D eigenvalue weighted by atomic mass is 35.5. The smallest absolute Gasteiger partial charge is 0.225 e. The van der Waals surface area contributed by atoms with E-state index in [4.69, 9.17) is 16.6 Å². The molecule has 0 spiro atoms. The summed E-state index contributed by atoms with van der Waals surface area (Å²) in [6.45, 7) is 3.86. The Morgan fingerprint density at radius 3 is 2.60 bits per heavy atom. The first-order chi connectivity index (χ1) is 19.1. The van der Waals surface area contributed by atoms with Gasteiger partial charge < -0.3 is 25.1 Å². The zero-order valence-corrected chi connectivity index (χ0v) is 23.5. The maximum atomic E-state index is 16.5. The number of fused-ring (bicyclic) bond motifs is 2. The lowest BCUT2D eigenvalue weighted by atomic mass is 9.82. The lowest BCUT2D eigenvalue weighted by Crippen LogP contribution is -2.48. The highest BCUT2D eigenvalue weighted by molar-refractivity contribution is 6.32. The molecule has 0 radical (unpaired) electrons. The largest absolute Gasteiger partial charge is 0.512 e. The van der Waals surface area contributed by atoms with E-state index >= 15 is 4.39 Å². The maximum Gasteiger partial charge on any atom is 0.225 e. The third-order valence-electron chi connectivity index (χ3n) is 7.48. The van der Waals surface area contributed by atoms with Gasteiger partial charge in [-0.2, -0.15) is 4.98 Å². The molecule has 2 aliphatic rings. The average Bonchev–Trinajstić information content (AvgIpc) is 2.93. The molecule has 2 aromatic carbocycles. The van der Waals surface area contributed by atoms with Crippen molar-refractivity contribution in [3.05, 3.63) is 69.7 Å². The standard InChI is InChI=1S/C29H32ClFN6O3/c1-17(38)36-10-12-37(13-11-36)28-22-16-23(30)25(21-15-19(39)14-18-6-4-5-7-20(18)21)26(31)27(22)33-29(34-28)32-9-8-24(40)35(2)3/h4-7,15-16,21,39H,8-14H2,1-3H3,(H,32,33,34)/t21-/m0/s1. The molecular weight excluding hydrogens is 535 g/mol. The van der Waals surface area contributed by atoms with Gasteiger partial charge in [-0.25, -0.2) is 9.37 Å². The molecule has 0 saturated carbocycles. The van der Waals surface area contributed by atoms with Crippen LogP contribution in [0.4, 0.5) is 16.2 Å². The molecule has 1 saturated heterocycles. The third kappa shape index (κ3) is 5.40. The zero-order chi connectivity index (χ0) is 28.6. The van der Waals surface area contributed by atoms with Gasteiger partial charge in [-0.1, -0.05) is 35.9 Å². The number of aliphatic hydroxyl groups is 1. The van der Waals surface area contributed by atoms with Crippen molar-refractivity contribution in [3.8, 4) is 0 Å². The van der Waals surface area contributed by atoms with Crippen LogP contribution in [0, 0.1) is 5.82 Å². The SMILES string of the molecule is CC(=O)N1CCN(c2nc(NCCC(=O)N(C)C)nc3c(F)c([C@H]4C=C(O)Cc5ccccc54)c(Cl)cc23)CC1. The van der Waals surface area contributed by atoms with Gasteiger partial charge >= 0.3 is 0 Å². The van der Waals surface area contributed by atoms with Crippen molar-refractivity contribution >= 4 is 46.1 Å². The number of benzene rings is 2. The van der Waals surface area contributed by atoms with Gasteiger partial charge in [0.2, 0.25) is 17.8 Å². The number of aliphatic hydroxyl groups excluding tert-OH is 1. The summed E-state index contributed by atoms with van der Waals surface area (Å²) in [6.07, 6.45) is 2.23. The fraction of sp³-hybridized carbons (Fsp3) is 0.379. The Bertz CT molecular complexity index is 1500. The van der Waals surface area contributed by atoms with E-state index < -0.39 is 11.7 Å². The van der Waals surface area contributed by atoms with E-state index in [1.165, 1.54) is 4.90 Å². The molecule has 5 rings (SSSR count). The van der Waals surface area contributed by atoms with Gasteiger partial charge in [0, 0.05) is 88.5 Å². The van der Waals surface area contributed by atoms with Gasteiger partial charge in [0.1, 0.15) is 11.3 Å². The third-order valence-corrected chi connectivity index (χ3v) is 7.79. The summed E-state index contributed by atoms with van der Waals surface area (Å²) in [5, 5.41) is 14.2. The Morgan fingerprint density at radius 1 is 1.18 bits per heavy atom. The van der Waals surface area contributed by atoms with E-state index in [0.717, 1.165) is 11.1 Å². The monoisotopic (exact) mass is 566 g/mol. The molecule has 2 amide bonds. The summed E-state index contributed by atoms with van der Waals surface area (Å²) in [4.78, 5) is 38.5. The van der Waals surface area contributed by atoms with E-state index in [2.05, 4.69) is 10.3 Å². The predicted octanol–water partition coefficient (Wildman–Crippen LogP) is 4.11. The summed E-state index contributed by atoms with van der Waals surface area (Å²) in [7, 11) is 3.37. The minimum Gasteiger partial charge on any atom is -0.512 e. The lowest BCUT2D eigenvalue weighted by Gasteiger charge is -2.35. The number of nitrogens with one attached hydrogen (secondary N) is 1. The number of nitrogens with zero attached hydrogens (tertiary/aromatic N) is 5. The number of halogens is 2. The molecule has 11 heteroatoms. The van der Waals surface area contributed by atoms with Crippen molar-refractivity contribution in [1.29, 1.82) is 0 Å². The quantitative estimate of drug-likeness (QED) is 0.463. The molecule has 1 aliphatic heterocycles. The van der Waals surface area contributed by atoms with Gasteiger partial charge in [-0.15, -0.1) is 0 Å². The number of carbonyl (C=O) groups excluding carboxylic acids is 2. The summed E-state index contributed by atoms with van der Waals surface area (Å²) < 4.78 is 16.5. The molecule has 1 atom stereocenters. The highest BCUT2D eigenvalue weighted by Gasteiger charge is 2.30. The normalized spacial score (nSPS) is 16.9. The number of carbonyl (C=O) groups is 2. The van der Waals surface area contributed by atoms with Crippen molar-refractivity contribution in [2.75, 3.05) is 57.0 Å². The molecular formula is C29H32ClFN6O3. The second kappa shape index (κ2) is 11.3. The number of hydrogen-bond donors (Lipinski definition) is 2. The second-order valence-corrected chi connectivity index (χ2v) is 10.7. The Kier molecular flexibility index (Phi) is 7.80. The number of rotatable bonds is 6. The van der Waals surface area contributed by atoms with Crippen molar-refractivity contribution in [2.24, 2.45) is 0 Å². The predicted molar refractivity (Wildman–Crippen MR) is 153 cm³/mol. The lowest BCUT2D eigenvalue weighted by molar-refractivity contribution is -0.129. The molecule has 3 aromatic rings. The van der Waals surface area contributed by atoms with Crippen LogP contribution in [0.15, 0.2) is 42.2 Å². The molecule has 1 fully saturated rings. The summed E-state index contributed by atoms with van der Waals surface area (Å²) >= 11 is 6.78. The Morgan fingerprint density at radius 2 is 1.90 bits per heavy atom. The molecule has 1 aromatic heterocycles. The summed E-state index contributed by atoms with van der Waals surface area (Å²) in [5.41, 5.74) is 2.10. The van der Waals surface area contributed by atoms with Crippen LogP contribution in [0.25, 0.3) is 10.9 Å². The van der Waals surface area contributed by atoms with Crippen LogP contribution in [-0.4, -0.2) is 83.5 Å². The van der Waals surface area contributed by atoms with Crippen LogP contribution in [0.2, 0.25) is 5.02 Å². The average molecular weight is 567 g/mol. The van der Waals surface area contributed by atoms with Gasteiger partial charge in [0.15, 0.2) is 5.82 Å². The number of amides is 2. The second-order valence-electron chi connectivity index (χ2n) is 10.3. The van der Waals surface area contributed by atoms with Crippen LogP contribution in [0.5, 0.6) is 0 Å². The van der Waals surface area contributed by atoms with Gasteiger partial charge in [-0.3, -0.25) is 9.59 Å². The van der Waals surface area contributed by atoms with Crippen LogP contribution >= 0.6 is 11.6 Å². The van der Waals surface area contributed by atoms with Gasteiger partial charge in [-0.05, 0) is 23.3 Å². The number of piperazine rings is 1. The van der Waals surface area contributed by atoms with E-state index in [9.17, 15) is 14.7 Å². The number of aromatic nitrogens is 2. The molecule has 0 bridgehead atoms. The molecule has 2 heterocycles. The van der Waals surface area contributed by atoms with E-state index in [1.54, 1.807) is 38.1 Å². The molecule has 2 N–H and O–H groups in total. The minimum atomic E-state index is -0.591. The number of hydrogen-bond acceptors (Lipinski definition) is 7. The van der Waals surface area contributed by atoms with Crippen LogP contribution in [-0.2, 0) is 16.0 Å². The fourth-order valence-electron chi connectivity index (χ4n) is 5.31. The minimum absolute atomic E-state index is 0.00270. The molecule has 0 unspecified atom stereocenters. The first kappa shape index (κ1) is 27.6. The molecule has 1 aliphatic carbocycles. The molecule has 40 heavy (non-hydrogen) atoms. The summed E-state index contributed by atoms with van der Waals surface area (Å²) in [5.74, 6) is -0.388. The Hall–Kier alpha value is -3.92. The van der Waals surface area contributed by atoms with Crippen LogP contribution < -0.4 is 10.2 Å². The van der Waals surface area contributed by atoms with E-state index in [0.29, 0.717) is 43.8 Å². The van der Waals surface area contributed by atoms with Crippen molar-refractivity contribution in [1.82, 2.24) is 19.8 Å². The van der Waals surface area contributed by atoms with Gasteiger partial charge in [0.25, 0.3) is 0 Å². The molecule has 210 valence electrons. The fourth-order valence-corrected chi connectivity index (χ4v) is 5.62. The number of anilines is 2. The first-order valence-electron chi connectivity index (χ1n) is 13.3. The van der Waals surface area contributed by atoms with Crippen molar-refractivity contribution in [2.45, 2.75) is 25.7 Å². The Balaban J connectivity index is 1.60. The zero-order valence-electron chi connectivity index (χ0n) is 22.7. The topological polar surface area (TPSA) is 102 Å². The van der Waals surface area contributed by atoms with Crippen molar-refractivity contribution < 1.29 is 19.1 Å². The first-order valence-corrected chi connectivity index (χ1v) is 13.6. The Labute approximate surface area is 237 Å².